The van der Waals surface area contributed by atoms with Crippen LogP contribution in [0.4, 0.5) is 11.4 Å². The number of anilines is 1. The van der Waals surface area contributed by atoms with Gasteiger partial charge in [-0.2, -0.15) is 5.26 Å². The molecule has 2 aromatic carbocycles. The van der Waals surface area contributed by atoms with E-state index in [1.165, 1.54) is 18.2 Å². The number of amides is 1. The van der Waals surface area contributed by atoms with Crippen molar-refractivity contribution in [3.63, 3.8) is 0 Å². The van der Waals surface area contributed by atoms with Gasteiger partial charge in [-0.05, 0) is 94.4 Å². The molecule has 9 heteroatoms. The molecule has 0 radical (unpaired) electrons. The first-order valence-electron chi connectivity index (χ1n) is 8.06. The summed E-state index contributed by atoms with van der Waals surface area (Å²) < 4.78 is 7.28. The lowest BCUT2D eigenvalue weighted by Crippen LogP contribution is -2.14. The predicted molar refractivity (Wildman–Crippen MR) is 123 cm³/mol. The molecule has 2 rings (SSSR count). The molecule has 28 heavy (non-hydrogen) atoms. The minimum atomic E-state index is -0.714. The number of hydrogen-bond acceptors (Lipinski definition) is 5. The second kappa shape index (κ2) is 9.83. The fraction of sp³-hybridized carbons (Fsp3) is 0.158. The molecule has 0 heterocycles. The number of carbonyl (C=O) groups is 1. The van der Waals surface area contributed by atoms with E-state index in [9.17, 15) is 20.2 Å². The van der Waals surface area contributed by atoms with Crippen molar-refractivity contribution in [1.29, 1.82) is 5.26 Å². The van der Waals surface area contributed by atoms with Crippen molar-refractivity contribution >= 4 is 68.5 Å². The molecule has 0 atom stereocenters. The molecular formula is C19H15I2N3O4. The smallest absolute Gasteiger partial charge is 0.293 e. The summed E-state index contributed by atoms with van der Waals surface area (Å²) in [6.07, 6.45) is 1.44. The number of nitrogens with one attached hydrogen (secondary N) is 1. The number of halogens is 2. The van der Waals surface area contributed by atoms with Gasteiger partial charge in [0.25, 0.3) is 11.6 Å². The van der Waals surface area contributed by atoms with E-state index >= 15 is 0 Å². The van der Waals surface area contributed by atoms with Crippen LogP contribution in [0.15, 0.2) is 35.9 Å². The number of nitro benzene ring substituents is 1. The molecule has 0 aliphatic carbocycles. The summed E-state index contributed by atoms with van der Waals surface area (Å²) >= 11 is 4.25. The van der Waals surface area contributed by atoms with E-state index in [0.29, 0.717) is 17.7 Å². The van der Waals surface area contributed by atoms with Crippen LogP contribution >= 0.6 is 45.2 Å². The third-order valence-corrected chi connectivity index (χ3v) is 5.19. The molecule has 0 aliphatic heterocycles. The molecule has 7 nitrogen and oxygen atoms in total. The highest BCUT2D eigenvalue weighted by atomic mass is 127. The Balaban J connectivity index is 2.35. The third kappa shape index (κ3) is 5.41. The summed E-state index contributed by atoms with van der Waals surface area (Å²) in [6, 6.07) is 9.91. The Morgan fingerprint density at radius 1 is 1.32 bits per heavy atom. The first kappa shape index (κ1) is 22.1. The van der Waals surface area contributed by atoms with E-state index in [1.54, 1.807) is 25.1 Å². The summed E-state index contributed by atoms with van der Waals surface area (Å²) in [5, 5.41) is 23.1. The van der Waals surface area contributed by atoms with Crippen molar-refractivity contribution in [3.8, 4) is 11.8 Å². The number of carbonyl (C=O) groups excluding carboxylic acids is 1. The van der Waals surface area contributed by atoms with Crippen LogP contribution in [0.5, 0.6) is 5.75 Å². The van der Waals surface area contributed by atoms with E-state index in [-0.39, 0.29) is 16.9 Å². The third-order valence-electron chi connectivity index (χ3n) is 3.58. The first-order chi connectivity index (χ1) is 13.3. The number of nitro groups is 1. The lowest BCUT2D eigenvalue weighted by atomic mass is 10.1. The Morgan fingerprint density at radius 2 is 1.96 bits per heavy atom. The van der Waals surface area contributed by atoms with Crippen molar-refractivity contribution in [1.82, 2.24) is 0 Å². The van der Waals surface area contributed by atoms with Crippen LogP contribution in [0, 0.1) is 35.5 Å². The Morgan fingerprint density at radius 3 is 2.50 bits per heavy atom. The van der Waals surface area contributed by atoms with Gasteiger partial charge in [0.2, 0.25) is 0 Å². The molecule has 2 aromatic rings. The van der Waals surface area contributed by atoms with Crippen LogP contribution in [0.2, 0.25) is 0 Å². The van der Waals surface area contributed by atoms with Crippen molar-refractivity contribution < 1.29 is 14.5 Å². The van der Waals surface area contributed by atoms with Crippen LogP contribution in [-0.4, -0.2) is 17.4 Å². The molecule has 0 bridgehead atoms. The number of aryl methyl sites for hydroxylation is 1. The highest BCUT2D eigenvalue weighted by Gasteiger charge is 2.18. The van der Waals surface area contributed by atoms with Crippen LogP contribution in [0.3, 0.4) is 0 Å². The summed E-state index contributed by atoms with van der Waals surface area (Å²) in [4.78, 5) is 23.1. The Hall–Kier alpha value is -2.20. The molecule has 0 fully saturated rings. The minimum absolute atomic E-state index is 0.0394. The van der Waals surface area contributed by atoms with Crippen LogP contribution < -0.4 is 10.1 Å². The van der Waals surface area contributed by atoms with Gasteiger partial charge in [0.05, 0.1) is 18.7 Å². The summed E-state index contributed by atoms with van der Waals surface area (Å²) in [5.41, 5.74) is 1.00. The lowest BCUT2D eigenvalue weighted by molar-refractivity contribution is -0.384. The average molecular weight is 603 g/mol. The molecule has 0 saturated carbocycles. The van der Waals surface area contributed by atoms with Crippen LogP contribution in [0.1, 0.15) is 18.1 Å². The van der Waals surface area contributed by atoms with Crippen molar-refractivity contribution in [2.24, 2.45) is 0 Å². The van der Waals surface area contributed by atoms with Crippen molar-refractivity contribution in [2.45, 2.75) is 13.8 Å². The normalized spacial score (nSPS) is 10.9. The SMILES string of the molecule is CCOc1c(I)cc(/C=C(\C#N)C(=O)Nc2ccc(C)cc2[N+](=O)[O-])cc1I. The predicted octanol–water partition coefficient (Wildman–Crippen LogP) is 5.06. The molecule has 0 spiro atoms. The average Bonchev–Trinajstić information content (AvgIpc) is 2.63. The standard InChI is InChI=1S/C19H15I2N3O4/c1-3-28-18-14(20)8-12(9-15(18)21)7-13(10-22)19(25)23-16-5-4-11(2)6-17(16)24(26)27/h4-9H,3H2,1-2H3,(H,23,25)/b13-7+. The van der Waals surface area contributed by atoms with E-state index in [1.807, 2.05) is 13.0 Å². The fourth-order valence-electron chi connectivity index (χ4n) is 2.35. The van der Waals surface area contributed by atoms with E-state index in [4.69, 9.17) is 4.74 Å². The number of ether oxygens (including phenoxy) is 1. The second-order valence-electron chi connectivity index (χ2n) is 5.65. The molecular weight excluding hydrogens is 588 g/mol. The second-order valence-corrected chi connectivity index (χ2v) is 7.97. The highest BCUT2D eigenvalue weighted by molar-refractivity contribution is 14.1. The molecule has 1 N–H and O–H groups in total. The van der Waals surface area contributed by atoms with Crippen LogP contribution in [-0.2, 0) is 4.79 Å². The quantitative estimate of drug-likeness (QED) is 0.164. The van der Waals surface area contributed by atoms with Gasteiger partial charge in [0.1, 0.15) is 23.1 Å². The number of nitriles is 1. The zero-order valence-electron chi connectivity index (χ0n) is 15.0. The van der Waals surface area contributed by atoms with E-state index < -0.39 is 10.8 Å². The highest BCUT2D eigenvalue weighted by Crippen LogP contribution is 2.30. The first-order valence-corrected chi connectivity index (χ1v) is 10.2. The number of rotatable bonds is 6. The molecule has 0 saturated heterocycles. The summed E-state index contributed by atoms with van der Waals surface area (Å²) in [5.74, 6) is 0.0347. The number of benzene rings is 2. The summed E-state index contributed by atoms with van der Waals surface area (Å²) in [6.45, 7) is 4.14. The van der Waals surface area contributed by atoms with Gasteiger partial charge >= 0.3 is 0 Å². The largest absolute Gasteiger partial charge is 0.492 e. The van der Waals surface area contributed by atoms with E-state index in [0.717, 1.165) is 12.9 Å². The van der Waals surface area contributed by atoms with Crippen molar-refractivity contribution in [2.75, 3.05) is 11.9 Å². The molecule has 0 aliphatic rings. The maximum atomic E-state index is 12.5. The van der Waals surface area contributed by atoms with Crippen molar-refractivity contribution in [3.05, 3.63) is 64.3 Å². The zero-order chi connectivity index (χ0) is 20.8. The minimum Gasteiger partial charge on any atom is -0.492 e. The van der Waals surface area contributed by atoms with Gasteiger partial charge in [0, 0.05) is 6.07 Å². The number of nitrogens with zero attached hydrogens (tertiary/aromatic N) is 2. The Kier molecular flexibility index (Phi) is 7.76. The van der Waals surface area contributed by atoms with Crippen LogP contribution in [0.25, 0.3) is 6.08 Å². The molecule has 144 valence electrons. The van der Waals surface area contributed by atoms with Gasteiger partial charge in [-0.1, -0.05) is 6.07 Å². The topological polar surface area (TPSA) is 105 Å². The Labute approximate surface area is 189 Å². The maximum Gasteiger partial charge on any atom is 0.293 e. The van der Waals surface area contributed by atoms with Gasteiger partial charge in [-0.3, -0.25) is 14.9 Å². The van der Waals surface area contributed by atoms with Gasteiger partial charge in [-0.25, -0.2) is 0 Å². The van der Waals surface area contributed by atoms with Gasteiger partial charge in [0.15, 0.2) is 0 Å². The monoisotopic (exact) mass is 603 g/mol. The summed E-state index contributed by atoms with van der Waals surface area (Å²) in [7, 11) is 0. The molecule has 1 amide bonds. The lowest BCUT2D eigenvalue weighted by Gasteiger charge is -2.10. The van der Waals surface area contributed by atoms with Gasteiger partial charge < -0.3 is 10.1 Å². The molecule has 0 unspecified atom stereocenters. The fourth-order valence-corrected chi connectivity index (χ4v) is 4.48. The maximum absolute atomic E-state index is 12.5. The number of hydrogen-bond donors (Lipinski definition) is 1. The van der Waals surface area contributed by atoms with Gasteiger partial charge in [-0.15, -0.1) is 0 Å². The zero-order valence-corrected chi connectivity index (χ0v) is 19.3. The van der Waals surface area contributed by atoms with E-state index in [2.05, 4.69) is 50.5 Å². The molecule has 0 aromatic heterocycles. The Bertz CT molecular complexity index is 990.